The Kier molecular flexibility index (Phi) is 6.45. The van der Waals surface area contributed by atoms with Gasteiger partial charge >= 0.3 is 0 Å². The van der Waals surface area contributed by atoms with Crippen molar-refractivity contribution in [2.45, 2.75) is 63.6 Å². The summed E-state index contributed by atoms with van der Waals surface area (Å²) in [7, 11) is 1.58. The molecule has 2 aliphatic rings. The average molecular weight is 298 g/mol. The Labute approximate surface area is 128 Å². The van der Waals surface area contributed by atoms with Crippen molar-refractivity contribution >= 4 is 5.91 Å². The molecule has 1 amide bonds. The van der Waals surface area contributed by atoms with Crippen LogP contribution >= 0.6 is 0 Å². The number of hydrogen-bond donors (Lipinski definition) is 1. The fourth-order valence-corrected chi connectivity index (χ4v) is 3.44. The predicted octanol–water partition coefficient (Wildman–Crippen LogP) is 1.55. The highest BCUT2D eigenvalue weighted by molar-refractivity contribution is 5.82. The number of rotatable bonds is 6. The molecule has 1 aliphatic heterocycles. The summed E-state index contributed by atoms with van der Waals surface area (Å²) >= 11 is 0. The van der Waals surface area contributed by atoms with Crippen molar-refractivity contribution < 1.29 is 14.3 Å². The number of carbonyl (C=O) groups excluding carboxylic acids is 1. The van der Waals surface area contributed by atoms with Crippen LogP contribution < -0.4 is 5.73 Å². The second kappa shape index (κ2) is 8.11. The van der Waals surface area contributed by atoms with Gasteiger partial charge in [0.05, 0.1) is 12.7 Å². The smallest absolute Gasteiger partial charge is 0.242 e. The van der Waals surface area contributed by atoms with Gasteiger partial charge in [-0.1, -0.05) is 6.92 Å². The maximum Gasteiger partial charge on any atom is 0.242 e. The summed E-state index contributed by atoms with van der Waals surface area (Å²) in [5.41, 5.74) is 5.98. The lowest BCUT2D eigenvalue weighted by molar-refractivity contribution is -0.139. The van der Waals surface area contributed by atoms with Gasteiger partial charge < -0.3 is 20.1 Å². The molecule has 122 valence electrons. The van der Waals surface area contributed by atoms with Gasteiger partial charge in [-0.3, -0.25) is 4.79 Å². The van der Waals surface area contributed by atoms with E-state index in [1.54, 1.807) is 7.11 Å². The highest BCUT2D eigenvalue weighted by atomic mass is 16.5. The van der Waals surface area contributed by atoms with Crippen LogP contribution in [0.1, 0.15) is 45.4 Å². The van der Waals surface area contributed by atoms with Crippen molar-refractivity contribution in [2.24, 2.45) is 11.7 Å². The molecule has 1 saturated carbocycles. The zero-order valence-corrected chi connectivity index (χ0v) is 13.4. The summed E-state index contributed by atoms with van der Waals surface area (Å²) in [6.45, 7) is 4.08. The maximum atomic E-state index is 12.7. The Balaban J connectivity index is 1.99. The number of nitrogens with two attached hydrogens (primary N) is 1. The number of nitrogens with zero attached hydrogens (tertiary/aromatic N) is 1. The normalized spacial score (nSPS) is 31.1. The lowest BCUT2D eigenvalue weighted by Gasteiger charge is -2.38. The second-order valence-corrected chi connectivity index (χ2v) is 6.60. The minimum atomic E-state index is -0.559. The van der Waals surface area contributed by atoms with Crippen LogP contribution in [-0.2, 0) is 14.3 Å². The fraction of sp³-hybridized carbons (Fsp3) is 0.938. The first-order valence-corrected chi connectivity index (χ1v) is 8.28. The standard InChI is InChI=1S/C16H30N2O3/c1-12-5-7-13(8-6-12)18(10-14-4-3-9-21-14)16(19)15(17)11-20-2/h12-15H,3-11,17H2,1-2H3. The third-order valence-corrected chi connectivity index (χ3v) is 4.80. The van der Waals surface area contributed by atoms with E-state index >= 15 is 0 Å². The van der Waals surface area contributed by atoms with E-state index in [4.69, 9.17) is 15.2 Å². The third kappa shape index (κ3) is 4.66. The molecule has 1 heterocycles. The molecule has 0 radical (unpaired) electrons. The summed E-state index contributed by atoms with van der Waals surface area (Å²) in [6, 6.07) is -0.239. The van der Waals surface area contributed by atoms with Crippen LogP contribution in [0.25, 0.3) is 0 Å². The highest BCUT2D eigenvalue weighted by Gasteiger charge is 2.32. The van der Waals surface area contributed by atoms with E-state index in [9.17, 15) is 4.79 Å². The summed E-state index contributed by atoms with van der Waals surface area (Å²) < 4.78 is 10.8. The van der Waals surface area contributed by atoms with Gasteiger partial charge in [0.1, 0.15) is 6.04 Å². The lowest BCUT2D eigenvalue weighted by Crippen LogP contribution is -2.53. The van der Waals surface area contributed by atoms with Gasteiger partial charge in [0.25, 0.3) is 0 Å². The lowest BCUT2D eigenvalue weighted by atomic mass is 9.86. The van der Waals surface area contributed by atoms with Gasteiger partial charge in [-0.15, -0.1) is 0 Å². The minimum Gasteiger partial charge on any atom is -0.383 e. The van der Waals surface area contributed by atoms with Crippen LogP contribution in [0.2, 0.25) is 0 Å². The monoisotopic (exact) mass is 298 g/mol. The molecule has 1 saturated heterocycles. The Morgan fingerprint density at radius 1 is 1.33 bits per heavy atom. The molecule has 2 N–H and O–H groups in total. The Bertz CT molecular complexity index is 323. The summed E-state index contributed by atoms with van der Waals surface area (Å²) in [6.07, 6.45) is 6.88. The molecule has 5 nitrogen and oxygen atoms in total. The molecule has 2 fully saturated rings. The van der Waals surface area contributed by atoms with Crippen LogP contribution in [0.3, 0.4) is 0 Å². The zero-order valence-electron chi connectivity index (χ0n) is 13.4. The molecular weight excluding hydrogens is 268 g/mol. The van der Waals surface area contributed by atoms with Crippen molar-refractivity contribution in [1.82, 2.24) is 4.90 Å². The van der Waals surface area contributed by atoms with E-state index < -0.39 is 6.04 Å². The highest BCUT2D eigenvalue weighted by Crippen LogP contribution is 2.28. The Morgan fingerprint density at radius 2 is 2.05 bits per heavy atom. The van der Waals surface area contributed by atoms with E-state index in [2.05, 4.69) is 6.92 Å². The zero-order chi connectivity index (χ0) is 15.2. The predicted molar refractivity (Wildman–Crippen MR) is 82.0 cm³/mol. The van der Waals surface area contributed by atoms with E-state index in [0.29, 0.717) is 12.6 Å². The van der Waals surface area contributed by atoms with Crippen molar-refractivity contribution in [1.29, 1.82) is 0 Å². The van der Waals surface area contributed by atoms with Crippen molar-refractivity contribution in [3.63, 3.8) is 0 Å². The molecule has 0 aromatic carbocycles. The molecule has 0 bridgehead atoms. The van der Waals surface area contributed by atoms with Crippen LogP contribution in [-0.4, -0.2) is 55.9 Å². The van der Waals surface area contributed by atoms with Crippen LogP contribution in [0, 0.1) is 5.92 Å². The quantitative estimate of drug-likeness (QED) is 0.808. The third-order valence-electron chi connectivity index (χ3n) is 4.80. The van der Waals surface area contributed by atoms with Crippen LogP contribution in [0.5, 0.6) is 0 Å². The van der Waals surface area contributed by atoms with E-state index in [-0.39, 0.29) is 18.6 Å². The van der Waals surface area contributed by atoms with E-state index in [1.807, 2.05) is 4.90 Å². The molecule has 0 aromatic rings. The SMILES string of the molecule is COCC(N)C(=O)N(CC1CCCO1)C1CCC(C)CC1. The first-order chi connectivity index (χ1) is 10.1. The molecule has 0 spiro atoms. The topological polar surface area (TPSA) is 64.8 Å². The van der Waals surface area contributed by atoms with Crippen molar-refractivity contribution in [3.05, 3.63) is 0 Å². The van der Waals surface area contributed by atoms with Gasteiger partial charge in [0.2, 0.25) is 5.91 Å². The molecule has 0 aromatic heterocycles. The second-order valence-electron chi connectivity index (χ2n) is 6.60. The van der Waals surface area contributed by atoms with Gasteiger partial charge in [0, 0.05) is 26.3 Å². The van der Waals surface area contributed by atoms with Crippen LogP contribution in [0.4, 0.5) is 0 Å². The maximum absolute atomic E-state index is 12.7. The Morgan fingerprint density at radius 3 is 2.62 bits per heavy atom. The molecule has 2 unspecified atom stereocenters. The van der Waals surface area contributed by atoms with E-state index in [1.165, 1.54) is 12.8 Å². The minimum absolute atomic E-state index is 0.0203. The summed E-state index contributed by atoms with van der Waals surface area (Å²) in [5, 5.41) is 0. The number of methoxy groups -OCH3 is 1. The first-order valence-electron chi connectivity index (χ1n) is 8.28. The average Bonchev–Trinajstić information content (AvgIpc) is 2.98. The van der Waals surface area contributed by atoms with Crippen LogP contribution in [0.15, 0.2) is 0 Å². The number of hydrogen-bond acceptors (Lipinski definition) is 4. The van der Waals surface area contributed by atoms with Gasteiger partial charge in [-0.2, -0.15) is 0 Å². The fourth-order valence-electron chi connectivity index (χ4n) is 3.44. The van der Waals surface area contributed by atoms with Gasteiger partial charge in [0.15, 0.2) is 0 Å². The molecule has 2 atom stereocenters. The first kappa shape index (κ1) is 16.7. The molecular formula is C16H30N2O3. The molecule has 1 aliphatic carbocycles. The molecule has 5 heteroatoms. The largest absolute Gasteiger partial charge is 0.383 e. The number of carbonyl (C=O) groups is 1. The molecule has 21 heavy (non-hydrogen) atoms. The van der Waals surface area contributed by atoms with Gasteiger partial charge in [-0.25, -0.2) is 0 Å². The summed E-state index contributed by atoms with van der Waals surface area (Å²) in [4.78, 5) is 14.7. The van der Waals surface area contributed by atoms with Gasteiger partial charge in [-0.05, 0) is 44.4 Å². The Hall–Kier alpha value is -0.650. The van der Waals surface area contributed by atoms with Crippen molar-refractivity contribution in [2.75, 3.05) is 26.9 Å². The summed E-state index contributed by atoms with van der Waals surface area (Å²) in [5.74, 6) is 0.792. The number of ether oxygens (including phenoxy) is 2. The molecule has 2 rings (SSSR count). The van der Waals surface area contributed by atoms with E-state index in [0.717, 1.165) is 38.2 Å². The number of amides is 1. The van der Waals surface area contributed by atoms with Crippen molar-refractivity contribution in [3.8, 4) is 0 Å².